The van der Waals surface area contributed by atoms with Crippen molar-refractivity contribution in [3.8, 4) is 11.4 Å². The van der Waals surface area contributed by atoms with Crippen LogP contribution in [0.2, 0.25) is 0 Å². The highest BCUT2D eigenvalue weighted by Gasteiger charge is 2.18. The molecule has 2 N–H and O–H groups in total. The number of aliphatic hydroxyl groups excluding tert-OH is 1. The molecule has 0 aliphatic carbocycles. The second-order valence-electron chi connectivity index (χ2n) is 7.02. The summed E-state index contributed by atoms with van der Waals surface area (Å²) in [5.74, 6) is -1.72. The highest BCUT2D eigenvalue weighted by molar-refractivity contribution is 5.99. The van der Waals surface area contributed by atoms with Crippen LogP contribution >= 0.6 is 0 Å². The highest BCUT2D eigenvalue weighted by Crippen LogP contribution is 2.20. The van der Waals surface area contributed by atoms with Gasteiger partial charge in [0.05, 0.1) is 12.5 Å². The van der Waals surface area contributed by atoms with Gasteiger partial charge in [-0.15, -0.1) is 0 Å². The molecule has 0 spiro atoms. The lowest BCUT2D eigenvalue weighted by atomic mass is 10.1. The fourth-order valence-electron chi connectivity index (χ4n) is 2.81. The van der Waals surface area contributed by atoms with Crippen LogP contribution in [0.25, 0.3) is 11.4 Å². The Balaban J connectivity index is 1.64. The molecular formula is C23H23FN4O5. The Kier molecular flexibility index (Phi) is 8.50. The van der Waals surface area contributed by atoms with Crippen LogP contribution in [-0.4, -0.2) is 60.1 Å². The minimum Gasteiger partial charge on any atom is -0.395 e. The molecule has 0 saturated carbocycles. The van der Waals surface area contributed by atoms with Crippen LogP contribution in [0, 0.1) is 5.82 Å². The number of amides is 2. The molecule has 0 radical (unpaired) electrons. The number of benzene rings is 2. The number of ether oxygens (including phenoxy) is 1. The van der Waals surface area contributed by atoms with Crippen molar-refractivity contribution in [2.24, 2.45) is 4.99 Å². The number of aliphatic hydroxyl groups is 1. The van der Waals surface area contributed by atoms with Crippen molar-refractivity contribution in [1.82, 2.24) is 15.5 Å². The maximum Gasteiger partial charge on any atom is 0.276 e. The zero-order valence-electron chi connectivity index (χ0n) is 17.9. The first-order chi connectivity index (χ1) is 16.0. The van der Waals surface area contributed by atoms with E-state index in [0.29, 0.717) is 24.3 Å². The molecule has 10 heteroatoms. The standard InChI is InChI=1S/C23H23FN4O5/c1-32-12-2-11-25-21(30)16-5-3-15(4-6-16)20-27-23(33-28-20)18(14-29)13-26-22(31)17-7-9-19(24)10-8-17/h3-10,13,18,29H,2,11-12,14H2,1H3,(H,25,30)/b26-13+. The summed E-state index contributed by atoms with van der Waals surface area (Å²) in [5.41, 5.74) is 1.30. The molecule has 1 atom stereocenters. The first kappa shape index (κ1) is 23.9. The number of hydrogen-bond donors (Lipinski definition) is 2. The third-order valence-electron chi connectivity index (χ3n) is 4.63. The number of methoxy groups -OCH3 is 1. The molecule has 0 bridgehead atoms. The van der Waals surface area contributed by atoms with E-state index < -0.39 is 24.2 Å². The molecule has 172 valence electrons. The second kappa shape index (κ2) is 11.7. The van der Waals surface area contributed by atoms with Crippen LogP contribution < -0.4 is 5.32 Å². The van der Waals surface area contributed by atoms with Crippen LogP contribution in [0.4, 0.5) is 4.39 Å². The lowest BCUT2D eigenvalue weighted by Crippen LogP contribution is -2.25. The number of carbonyl (C=O) groups is 2. The van der Waals surface area contributed by atoms with Gasteiger partial charge in [0.2, 0.25) is 11.7 Å². The third kappa shape index (κ3) is 6.61. The largest absolute Gasteiger partial charge is 0.395 e. The molecule has 0 aliphatic heterocycles. The van der Waals surface area contributed by atoms with Crippen LogP contribution in [0.5, 0.6) is 0 Å². The van der Waals surface area contributed by atoms with Gasteiger partial charge in [-0.1, -0.05) is 17.3 Å². The number of rotatable bonds is 10. The van der Waals surface area contributed by atoms with Gasteiger partial charge in [0.25, 0.3) is 11.8 Å². The lowest BCUT2D eigenvalue weighted by molar-refractivity contribution is 0.0947. The topological polar surface area (TPSA) is 127 Å². The molecule has 2 amide bonds. The number of hydrogen-bond acceptors (Lipinski definition) is 7. The molecule has 3 aromatic rings. The smallest absolute Gasteiger partial charge is 0.276 e. The van der Waals surface area contributed by atoms with Crippen molar-refractivity contribution in [2.45, 2.75) is 12.3 Å². The minimum absolute atomic E-state index is 0.0723. The normalized spacial score (nSPS) is 12.1. The van der Waals surface area contributed by atoms with Crippen LogP contribution in [0.15, 0.2) is 58.0 Å². The quantitative estimate of drug-likeness (QED) is 0.356. The van der Waals surface area contributed by atoms with Crippen LogP contribution in [0.3, 0.4) is 0 Å². The Morgan fingerprint density at radius 1 is 1.18 bits per heavy atom. The number of aliphatic imine (C=N–C) groups is 1. The summed E-state index contributed by atoms with van der Waals surface area (Å²) in [4.78, 5) is 32.3. The van der Waals surface area contributed by atoms with Crippen LogP contribution in [0.1, 0.15) is 38.9 Å². The summed E-state index contributed by atoms with van der Waals surface area (Å²) < 4.78 is 23.1. The molecule has 0 saturated heterocycles. The van der Waals surface area contributed by atoms with Gasteiger partial charge in [-0.25, -0.2) is 9.38 Å². The summed E-state index contributed by atoms with van der Waals surface area (Å²) in [7, 11) is 1.60. The molecule has 0 fully saturated rings. The number of nitrogens with one attached hydrogen (secondary N) is 1. The SMILES string of the molecule is COCCCNC(=O)c1ccc(-c2noc(C(/C=N/C(=O)c3ccc(F)cc3)CO)n2)cc1. The van der Waals surface area contributed by atoms with Crippen molar-refractivity contribution >= 4 is 18.0 Å². The van der Waals surface area contributed by atoms with Gasteiger partial charge in [0.1, 0.15) is 5.82 Å². The monoisotopic (exact) mass is 454 g/mol. The molecule has 1 heterocycles. The van der Waals surface area contributed by atoms with Gasteiger partial charge in [0.15, 0.2) is 0 Å². The van der Waals surface area contributed by atoms with E-state index in [9.17, 15) is 19.1 Å². The predicted octanol–water partition coefficient (Wildman–Crippen LogP) is 2.63. The Bertz CT molecular complexity index is 1100. The van der Waals surface area contributed by atoms with Gasteiger partial charge in [-0.2, -0.15) is 4.98 Å². The molecule has 2 aromatic carbocycles. The van der Waals surface area contributed by atoms with Gasteiger partial charge in [0, 0.05) is 43.2 Å². The second-order valence-corrected chi connectivity index (χ2v) is 7.02. The van der Waals surface area contributed by atoms with E-state index in [2.05, 4.69) is 20.4 Å². The molecule has 1 aromatic heterocycles. The van der Waals surface area contributed by atoms with Gasteiger partial charge in [-0.05, 0) is 42.8 Å². The van der Waals surface area contributed by atoms with E-state index in [1.165, 1.54) is 18.3 Å². The van der Waals surface area contributed by atoms with E-state index in [-0.39, 0.29) is 23.2 Å². The predicted molar refractivity (Wildman–Crippen MR) is 118 cm³/mol. The number of aromatic nitrogens is 2. The van der Waals surface area contributed by atoms with E-state index in [4.69, 9.17) is 9.26 Å². The number of carbonyl (C=O) groups excluding carboxylic acids is 2. The molecule has 3 rings (SSSR count). The average molecular weight is 454 g/mol. The van der Waals surface area contributed by atoms with E-state index >= 15 is 0 Å². The Morgan fingerprint density at radius 3 is 2.55 bits per heavy atom. The Morgan fingerprint density at radius 2 is 1.88 bits per heavy atom. The van der Waals surface area contributed by atoms with E-state index in [1.807, 2.05) is 0 Å². The first-order valence-corrected chi connectivity index (χ1v) is 10.2. The molecular weight excluding hydrogens is 431 g/mol. The van der Waals surface area contributed by atoms with Gasteiger partial charge < -0.3 is 19.7 Å². The Hall–Kier alpha value is -3.76. The summed E-state index contributed by atoms with van der Waals surface area (Å²) in [5, 5.41) is 16.3. The fourth-order valence-corrected chi connectivity index (χ4v) is 2.81. The summed E-state index contributed by atoms with van der Waals surface area (Å²) in [6.45, 7) is 0.666. The van der Waals surface area contributed by atoms with Gasteiger partial charge in [-0.3, -0.25) is 9.59 Å². The molecule has 1 unspecified atom stereocenters. The lowest BCUT2D eigenvalue weighted by Gasteiger charge is -2.05. The molecule has 0 aliphatic rings. The van der Waals surface area contributed by atoms with E-state index in [1.54, 1.807) is 31.4 Å². The molecule has 9 nitrogen and oxygen atoms in total. The Labute approximate surface area is 189 Å². The third-order valence-corrected chi connectivity index (χ3v) is 4.63. The zero-order valence-corrected chi connectivity index (χ0v) is 17.9. The highest BCUT2D eigenvalue weighted by atomic mass is 19.1. The number of halogens is 1. The van der Waals surface area contributed by atoms with E-state index in [0.717, 1.165) is 18.6 Å². The maximum absolute atomic E-state index is 13.0. The first-order valence-electron chi connectivity index (χ1n) is 10.2. The van der Waals surface area contributed by atoms with Crippen molar-refractivity contribution in [3.05, 3.63) is 71.4 Å². The van der Waals surface area contributed by atoms with Crippen molar-refractivity contribution in [2.75, 3.05) is 26.9 Å². The summed E-state index contributed by atoms with van der Waals surface area (Å²) in [6.07, 6.45) is 1.93. The van der Waals surface area contributed by atoms with Crippen molar-refractivity contribution in [1.29, 1.82) is 0 Å². The summed E-state index contributed by atoms with van der Waals surface area (Å²) >= 11 is 0. The summed E-state index contributed by atoms with van der Waals surface area (Å²) in [6, 6.07) is 11.6. The number of nitrogens with zero attached hydrogens (tertiary/aromatic N) is 3. The van der Waals surface area contributed by atoms with Crippen molar-refractivity contribution in [3.63, 3.8) is 0 Å². The maximum atomic E-state index is 13.0. The minimum atomic E-state index is -0.798. The van der Waals surface area contributed by atoms with Gasteiger partial charge >= 0.3 is 0 Å². The molecule has 33 heavy (non-hydrogen) atoms. The fraction of sp³-hybridized carbons (Fsp3) is 0.261. The average Bonchev–Trinajstić information content (AvgIpc) is 3.32. The van der Waals surface area contributed by atoms with Crippen molar-refractivity contribution < 1.29 is 28.3 Å². The zero-order chi connectivity index (χ0) is 23.6. The van der Waals surface area contributed by atoms with Crippen LogP contribution in [-0.2, 0) is 4.74 Å².